The first-order chi connectivity index (χ1) is 6.86. The van der Waals surface area contributed by atoms with Crippen molar-refractivity contribution in [3.05, 3.63) is 0 Å². The second kappa shape index (κ2) is 5.89. The van der Waals surface area contributed by atoms with Gasteiger partial charge in [0, 0.05) is 20.6 Å². The molecule has 7 nitrogen and oxygen atoms in total. The Labute approximate surface area is 90.3 Å². The summed E-state index contributed by atoms with van der Waals surface area (Å²) in [7, 11) is -0.642. The van der Waals surface area contributed by atoms with Gasteiger partial charge in [-0.3, -0.25) is 0 Å². The van der Waals surface area contributed by atoms with Crippen LogP contribution in [0.25, 0.3) is 0 Å². The first kappa shape index (κ1) is 14.1. The fraction of sp³-hybridized carbons (Fsp3) is 0.857. The van der Waals surface area contributed by atoms with Gasteiger partial charge in [0.1, 0.15) is 0 Å². The van der Waals surface area contributed by atoms with Crippen molar-refractivity contribution in [3.8, 4) is 0 Å². The molecule has 0 aliphatic rings. The Morgan fingerprint density at radius 3 is 2.33 bits per heavy atom. The zero-order valence-electron chi connectivity index (χ0n) is 9.21. The Bertz CT molecular complexity index is 312. The molecular weight excluding hydrogens is 220 g/mol. The van der Waals surface area contributed by atoms with E-state index in [1.807, 2.05) is 6.92 Å². The zero-order chi connectivity index (χ0) is 12.1. The highest BCUT2D eigenvalue weighted by molar-refractivity contribution is 7.86. The molecule has 0 aliphatic heterocycles. The summed E-state index contributed by atoms with van der Waals surface area (Å²) in [5.74, 6) is -0.131. The molecule has 0 saturated carbocycles. The Balaban J connectivity index is 4.82. The first-order valence-electron chi connectivity index (χ1n) is 4.50. The number of nitrogens with two attached hydrogens (primary N) is 1. The predicted molar refractivity (Wildman–Crippen MR) is 57.9 cm³/mol. The molecule has 0 atom stereocenters. The Kier molecular flexibility index (Phi) is 5.55. The summed E-state index contributed by atoms with van der Waals surface area (Å²) in [6, 6.07) is 0. The van der Waals surface area contributed by atoms with Crippen LogP contribution in [0.15, 0.2) is 5.16 Å². The van der Waals surface area contributed by atoms with E-state index in [0.717, 1.165) is 8.61 Å². The number of amidine groups is 1. The van der Waals surface area contributed by atoms with Gasteiger partial charge < -0.3 is 10.9 Å². The van der Waals surface area contributed by atoms with E-state index in [4.69, 9.17) is 10.9 Å². The van der Waals surface area contributed by atoms with Crippen LogP contribution < -0.4 is 5.73 Å². The van der Waals surface area contributed by atoms with E-state index in [2.05, 4.69) is 5.16 Å². The molecule has 3 N–H and O–H groups in total. The molecule has 0 amide bonds. The third-order valence-corrected chi connectivity index (χ3v) is 3.61. The highest BCUT2D eigenvalue weighted by Crippen LogP contribution is 2.04. The number of hydrogen-bond acceptors (Lipinski definition) is 4. The average molecular weight is 238 g/mol. The van der Waals surface area contributed by atoms with Crippen LogP contribution in [-0.4, -0.2) is 55.3 Å². The number of nitrogens with zero attached hydrogens (tertiary/aromatic N) is 3. The summed E-state index contributed by atoms with van der Waals surface area (Å²) in [5, 5.41) is 11.1. The van der Waals surface area contributed by atoms with Crippen LogP contribution >= 0.6 is 0 Å². The van der Waals surface area contributed by atoms with Gasteiger partial charge in [-0.15, -0.1) is 0 Å². The second-order valence-electron chi connectivity index (χ2n) is 3.22. The summed E-state index contributed by atoms with van der Waals surface area (Å²) in [5.41, 5.74) is 5.28. The molecule has 0 saturated heterocycles. The van der Waals surface area contributed by atoms with Crippen LogP contribution in [0.2, 0.25) is 0 Å². The summed E-state index contributed by atoms with van der Waals surface area (Å²) in [6.45, 7) is 2.08. The van der Waals surface area contributed by atoms with E-state index >= 15 is 0 Å². The molecule has 0 aliphatic carbocycles. The van der Waals surface area contributed by atoms with Crippen LogP contribution in [0.5, 0.6) is 0 Å². The van der Waals surface area contributed by atoms with Crippen molar-refractivity contribution in [2.75, 3.05) is 27.2 Å². The van der Waals surface area contributed by atoms with Crippen molar-refractivity contribution in [2.24, 2.45) is 10.9 Å². The quantitative estimate of drug-likeness (QED) is 0.275. The lowest BCUT2D eigenvalue weighted by atomic mass is 10.4. The Morgan fingerprint density at radius 1 is 1.47 bits per heavy atom. The molecule has 0 aromatic carbocycles. The van der Waals surface area contributed by atoms with E-state index in [-0.39, 0.29) is 12.4 Å². The van der Waals surface area contributed by atoms with Gasteiger partial charge in [0.05, 0.1) is 6.54 Å². The predicted octanol–water partition coefficient (Wildman–Crippen LogP) is -0.749. The highest BCUT2D eigenvalue weighted by atomic mass is 32.2. The van der Waals surface area contributed by atoms with Crippen LogP contribution in [0, 0.1) is 0 Å². The zero-order valence-corrected chi connectivity index (χ0v) is 10.0. The molecule has 8 heteroatoms. The monoisotopic (exact) mass is 238 g/mol. The van der Waals surface area contributed by atoms with Crippen LogP contribution in [0.3, 0.4) is 0 Å². The van der Waals surface area contributed by atoms with Crippen molar-refractivity contribution in [3.63, 3.8) is 0 Å². The molecule has 90 valence electrons. The molecule has 0 rings (SSSR count). The first-order valence-corrected chi connectivity index (χ1v) is 5.90. The molecule has 0 spiro atoms. The minimum atomic E-state index is -3.51. The van der Waals surface area contributed by atoms with Crippen molar-refractivity contribution >= 4 is 16.0 Å². The largest absolute Gasteiger partial charge is 0.409 e. The molecule has 0 radical (unpaired) electrons. The molecule has 0 unspecified atom stereocenters. The number of hydrogen-bond donors (Lipinski definition) is 2. The van der Waals surface area contributed by atoms with Gasteiger partial charge in [0.15, 0.2) is 5.84 Å². The van der Waals surface area contributed by atoms with E-state index in [1.165, 1.54) is 14.1 Å². The van der Waals surface area contributed by atoms with Crippen molar-refractivity contribution in [1.29, 1.82) is 0 Å². The van der Waals surface area contributed by atoms with E-state index in [9.17, 15) is 8.42 Å². The van der Waals surface area contributed by atoms with Gasteiger partial charge in [-0.05, 0) is 6.42 Å². The van der Waals surface area contributed by atoms with Gasteiger partial charge >= 0.3 is 0 Å². The van der Waals surface area contributed by atoms with Gasteiger partial charge in [-0.1, -0.05) is 12.1 Å². The molecule has 15 heavy (non-hydrogen) atoms. The molecule has 0 fully saturated rings. The standard InChI is InChI=1S/C7H18N4O3S/c1-4-5-11(6-7(8)9-12)15(13,14)10(2)3/h12H,4-6H2,1-3H3,(H2,8,9). The Hall–Kier alpha value is -0.860. The summed E-state index contributed by atoms with van der Waals surface area (Å²) in [6.07, 6.45) is 0.659. The van der Waals surface area contributed by atoms with Crippen LogP contribution in [0.4, 0.5) is 0 Å². The van der Waals surface area contributed by atoms with Crippen molar-refractivity contribution in [2.45, 2.75) is 13.3 Å². The summed E-state index contributed by atoms with van der Waals surface area (Å²) < 4.78 is 25.7. The maximum Gasteiger partial charge on any atom is 0.281 e. The highest BCUT2D eigenvalue weighted by Gasteiger charge is 2.24. The minimum absolute atomic E-state index is 0.106. The maximum absolute atomic E-state index is 11.7. The van der Waals surface area contributed by atoms with E-state index in [1.54, 1.807) is 0 Å². The molecule has 0 aromatic heterocycles. The molecular formula is C7H18N4O3S. The normalized spacial score (nSPS) is 13.8. The van der Waals surface area contributed by atoms with Gasteiger partial charge in [-0.25, -0.2) is 0 Å². The minimum Gasteiger partial charge on any atom is -0.409 e. The lowest BCUT2D eigenvalue weighted by Gasteiger charge is -2.24. The summed E-state index contributed by atoms with van der Waals surface area (Å²) >= 11 is 0. The lowest BCUT2D eigenvalue weighted by molar-refractivity contribution is 0.313. The number of rotatable bonds is 6. The third kappa shape index (κ3) is 4.02. The SMILES string of the molecule is CCCN(CC(N)=NO)S(=O)(=O)N(C)C. The van der Waals surface area contributed by atoms with Gasteiger partial charge in [-0.2, -0.15) is 17.0 Å². The molecule has 0 heterocycles. The fourth-order valence-corrected chi connectivity index (χ4v) is 2.14. The maximum atomic E-state index is 11.7. The Morgan fingerprint density at radius 2 is 2.00 bits per heavy atom. The van der Waals surface area contributed by atoms with Crippen LogP contribution in [-0.2, 0) is 10.2 Å². The second-order valence-corrected chi connectivity index (χ2v) is 5.36. The molecule has 0 bridgehead atoms. The van der Waals surface area contributed by atoms with Crippen molar-refractivity contribution in [1.82, 2.24) is 8.61 Å². The van der Waals surface area contributed by atoms with Crippen molar-refractivity contribution < 1.29 is 13.6 Å². The van der Waals surface area contributed by atoms with Gasteiger partial charge in [0.2, 0.25) is 0 Å². The number of oxime groups is 1. The fourth-order valence-electron chi connectivity index (χ4n) is 0.969. The summed E-state index contributed by atoms with van der Waals surface area (Å²) in [4.78, 5) is 0. The average Bonchev–Trinajstić information content (AvgIpc) is 2.16. The van der Waals surface area contributed by atoms with E-state index in [0.29, 0.717) is 13.0 Å². The van der Waals surface area contributed by atoms with Gasteiger partial charge in [0.25, 0.3) is 10.2 Å². The molecule has 0 aromatic rings. The third-order valence-electron chi connectivity index (χ3n) is 1.73. The van der Waals surface area contributed by atoms with Crippen LogP contribution in [0.1, 0.15) is 13.3 Å². The topological polar surface area (TPSA) is 99.2 Å². The van der Waals surface area contributed by atoms with E-state index < -0.39 is 10.2 Å². The lowest BCUT2D eigenvalue weighted by Crippen LogP contribution is -2.44. The smallest absolute Gasteiger partial charge is 0.281 e.